The smallest absolute Gasteiger partial charge is 0.294 e. The van der Waals surface area contributed by atoms with Gasteiger partial charge in [0.15, 0.2) is 0 Å². The van der Waals surface area contributed by atoms with Crippen LogP contribution in [0.5, 0.6) is 5.75 Å². The summed E-state index contributed by atoms with van der Waals surface area (Å²) in [6.07, 6.45) is 0. The molecule has 1 heterocycles. The number of hydrogen-bond donors (Lipinski definition) is 2. The molecule has 1 aliphatic rings. The molecule has 3 rings (SSSR count). The molecular weight excluding hydrogens is 244 g/mol. The van der Waals surface area contributed by atoms with Crippen molar-refractivity contribution >= 4 is 32.3 Å². The van der Waals surface area contributed by atoms with Gasteiger partial charge >= 0.3 is 0 Å². The van der Waals surface area contributed by atoms with Crippen molar-refractivity contribution in [3.8, 4) is 5.75 Å². The Morgan fingerprint density at radius 1 is 1.24 bits per heavy atom. The van der Waals surface area contributed by atoms with E-state index in [1.807, 2.05) is 0 Å². The number of benzene rings is 2. The van der Waals surface area contributed by atoms with Crippen LogP contribution >= 0.6 is 0 Å². The van der Waals surface area contributed by atoms with E-state index in [9.17, 15) is 13.5 Å². The number of aromatic hydroxyl groups is 1. The molecule has 2 aromatic rings. The van der Waals surface area contributed by atoms with Crippen molar-refractivity contribution in [1.82, 2.24) is 0 Å². The van der Waals surface area contributed by atoms with Crippen molar-refractivity contribution in [2.24, 2.45) is 10.2 Å². The van der Waals surface area contributed by atoms with Crippen LogP contribution in [0.2, 0.25) is 0 Å². The number of phenols is 1. The first kappa shape index (κ1) is 10.2. The van der Waals surface area contributed by atoms with Crippen molar-refractivity contribution in [1.29, 1.82) is 0 Å². The number of phenolic OH excluding ortho intramolecular Hbond substituents is 1. The molecule has 85 valence electrons. The second-order valence-electron chi connectivity index (χ2n) is 3.57. The van der Waals surface area contributed by atoms with Crippen LogP contribution in [0.25, 0.3) is 10.8 Å². The van der Waals surface area contributed by atoms with Crippen molar-refractivity contribution in [2.75, 3.05) is 0 Å². The quantitative estimate of drug-likeness (QED) is 0.646. The molecule has 0 spiro atoms. The van der Waals surface area contributed by atoms with Gasteiger partial charge in [-0.1, -0.05) is 0 Å². The maximum atomic E-state index is 11.0. The van der Waals surface area contributed by atoms with Gasteiger partial charge in [0.25, 0.3) is 10.1 Å². The molecule has 0 bridgehead atoms. The molecule has 1 radical (unpaired) electrons. The lowest BCUT2D eigenvalue weighted by molar-refractivity contribution is 0.471. The van der Waals surface area contributed by atoms with Crippen LogP contribution in [-0.2, 0) is 10.1 Å². The van der Waals surface area contributed by atoms with Crippen molar-refractivity contribution < 1.29 is 18.1 Å². The Labute approximate surface area is 96.0 Å². The molecule has 2 N–H and O–H groups in total. The lowest BCUT2D eigenvalue weighted by Crippen LogP contribution is -1.98. The molecule has 6 nitrogen and oxygen atoms in total. The van der Waals surface area contributed by atoms with E-state index in [-0.39, 0.29) is 10.6 Å². The van der Waals surface area contributed by atoms with E-state index in [0.717, 1.165) is 6.07 Å². The predicted molar refractivity (Wildman–Crippen MR) is 58.4 cm³/mol. The number of fused-ring (bicyclic) bond motifs is 3. The normalized spacial score (nSPS) is 13.5. The first-order valence-corrected chi connectivity index (χ1v) is 6.01. The summed E-state index contributed by atoms with van der Waals surface area (Å²) in [5.41, 5.74) is 0.995. The Morgan fingerprint density at radius 3 is 2.59 bits per heavy atom. The molecule has 17 heavy (non-hydrogen) atoms. The molecule has 0 saturated heterocycles. The zero-order valence-electron chi connectivity index (χ0n) is 8.25. The maximum Gasteiger partial charge on any atom is 0.294 e. The van der Waals surface area contributed by atoms with Gasteiger partial charge in [-0.15, -0.1) is 10.2 Å². The summed E-state index contributed by atoms with van der Waals surface area (Å²) < 4.78 is 30.9. The lowest BCUT2D eigenvalue weighted by atomic mass is 10.1. The fraction of sp³-hybridized carbons (Fsp3) is 0. The van der Waals surface area contributed by atoms with Crippen LogP contribution in [0.3, 0.4) is 0 Å². The second kappa shape index (κ2) is 3.02. The molecule has 0 aliphatic carbocycles. The highest BCUT2D eigenvalue weighted by Crippen LogP contribution is 2.46. The van der Waals surface area contributed by atoms with E-state index in [1.165, 1.54) is 12.1 Å². The molecule has 7 heteroatoms. The van der Waals surface area contributed by atoms with Gasteiger partial charge in [0.2, 0.25) is 0 Å². The fourth-order valence-electron chi connectivity index (χ4n) is 1.70. The summed E-state index contributed by atoms with van der Waals surface area (Å²) in [5.74, 6) is -0.265. The second-order valence-corrected chi connectivity index (χ2v) is 4.99. The Morgan fingerprint density at radius 2 is 2.00 bits per heavy atom. The van der Waals surface area contributed by atoms with Gasteiger partial charge in [0.05, 0.1) is 10.3 Å². The largest absolute Gasteiger partial charge is 0.507 e. The van der Waals surface area contributed by atoms with Crippen molar-refractivity contribution in [3.05, 3.63) is 24.3 Å². The van der Waals surface area contributed by atoms with E-state index < -0.39 is 10.1 Å². The minimum Gasteiger partial charge on any atom is -0.507 e. The summed E-state index contributed by atoms with van der Waals surface area (Å²) in [6, 6.07) is 6.50. The summed E-state index contributed by atoms with van der Waals surface area (Å²) in [7, 11) is -4.35. The molecule has 0 aromatic heterocycles. The maximum absolute atomic E-state index is 11.0. The topological polar surface area (TPSA) is 99.3 Å². The molecular formula is C10H5N2O4S. The third-order valence-electron chi connectivity index (χ3n) is 2.49. The van der Waals surface area contributed by atoms with Crippen LogP contribution in [0.1, 0.15) is 0 Å². The Hall–Kier alpha value is -1.99. The highest BCUT2D eigenvalue weighted by atomic mass is 32.2. The van der Waals surface area contributed by atoms with Gasteiger partial charge in [-0.2, -0.15) is 8.42 Å². The standard InChI is InChI=1S/C10H5N2O4S/c13-8-4-6(17(14,15)16)3-5-1-2-7-10(9(5)8)12-11-7/h1,3-4,13H,(H,14,15,16). The number of azo groups is 1. The summed E-state index contributed by atoms with van der Waals surface area (Å²) >= 11 is 0. The third kappa shape index (κ3) is 1.40. The van der Waals surface area contributed by atoms with Crippen molar-refractivity contribution in [2.45, 2.75) is 4.90 Å². The van der Waals surface area contributed by atoms with Gasteiger partial charge in [-0.05, 0) is 17.5 Å². The summed E-state index contributed by atoms with van der Waals surface area (Å²) in [5, 5.41) is 18.0. The van der Waals surface area contributed by atoms with Crippen molar-refractivity contribution in [3.63, 3.8) is 0 Å². The fourth-order valence-corrected chi connectivity index (χ4v) is 2.24. The monoisotopic (exact) mass is 249 g/mol. The minimum absolute atomic E-state index is 0.265. The average molecular weight is 249 g/mol. The number of rotatable bonds is 1. The highest BCUT2D eigenvalue weighted by Gasteiger charge is 2.20. The number of nitrogens with zero attached hydrogens (tertiary/aromatic N) is 2. The Kier molecular flexibility index (Phi) is 1.81. The molecule has 0 unspecified atom stereocenters. The van der Waals surface area contributed by atoms with Crippen LogP contribution < -0.4 is 0 Å². The summed E-state index contributed by atoms with van der Waals surface area (Å²) in [6.45, 7) is 0. The van der Waals surface area contributed by atoms with E-state index in [2.05, 4.69) is 16.3 Å². The minimum atomic E-state index is -4.35. The van der Waals surface area contributed by atoms with E-state index in [4.69, 9.17) is 4.55 Å². The van der Waals surface area contributed by atoms with Gasteiger partial charge in [0, 0.05) is 12.1 Å². The third-order valence-corrected chi connectivity index (χ3v) is 3.33. The van der Waals surface area contributed by atoms with E-state index in [0.29, 0.717) is 22.1 Å². The van der Waals surface area contributed by atoms with Gasteiger partial charge in [-0.25, -0.2) is 0 Å². The lowest BCUT2D eigenvalue weighted by Gasteiger charge is -2.12. The molecule has 0 atom stereocenters. The van der Waals surface area contributed by atoms with E-state index >= 15 is 0 Å². The van der Waals surface area contributed by atoms with Gasteiger partial charge in [0.1, 0.15) is 17.1 Å². The summed E-state index contributed by atoms with van der Waals surface area (Å²) in [4.78, 5) is -0.368. The van der Waals surface area contributed by atoms with E-state index in [1.54, 1.807) is 0 Å². The number of hydrogen-bond acceptors (Lipinski definition) is 5. The molecule has 0 fully saturated rings. The van der Waals surface area contributed by atoms with Crippen LogP contribution in [0.15, 0.2) is 33.3 Å². The van der Waals surface area contributed by atoms with Crippen LogP contribution in [0, 0.1) is 6.07 Å². The van der Waals surface area contributed by atoms with Crippen LogP contribution in [0.4, 0.5) is 11.4 Å². The molecule has 1 aliphatic heterocycles. The predicted octanol–water partition coefficient (Wildman–Crippen LogP) is 2.32. The average Bonchev–Trinajstić information content (AvgIpc) is 2.17. The molecule has 2 aromatic carbocycles. The van der Waals surface area contributed by atoms with Crippen LogP contribution in [-0.4, -0.2) is 18.1 Å². The first-order valence-electron chi connectivity index (χ1n) is 4.57. The SMILES string of the molecule is O=S(=O)(O)c1cc(O)c2c3c([c]cc2c1)N=N3. The van der Waals surface area contributed by atoms with Gasteiger partial charge < -0.3 is 5.11 Å². The molecule has 0 amide bonds. The van der Waals surface area contributed by atoms with Gasteiger partial charge in [-0.3, -0.25) is 4.55 Å². The zero-order chi connectivity index (χ0) is 12.2. The Balaban J connectivity index is 2.42. The highest BCUT2D eigenvalue weighted by molar-refractivity contribution is 7.85. The zero-order valence-corrected chi connectivity index (χ0v) is 9.06. The molecule has 0 saturated carbocycles. The Bertz CT molecular complexity index is 780. The first-order chi connectivity index (χ1) is 7.97.